The van der Waals surface area contributed by atoms with Gasteiger partial charge in [0.1, 0.15) is 24.4 Å². The Bertz CT molecular complexity index is 1410. The van der Waals surface area contributed by atoms with Gasteiger partial charge in [0.2, 0.25) is 17.7 Å². The Hall–Kier alpha value is -5.74. The molecule has 7 N–H and O–H groups in total. The van der Waals surface area contributed by atoms with Gasteiger partial charge in [0.25, 0.3) is 5.69 Å². The third-order valence-electron chi connectivity index (χ3n) is 6.49. The van der Waals surface area contributed by atoms with Crippen molar-refractivity contribution in [3.8, 4) is 5.75 Å². The number of carboxylic acids is 1. The Morgan fingerprint density at radius 2 is 1.57 bits per heavy atom. The smallest absolute Gasteiger partial charge is 0.481 e. The number of primary amides is 1. The predicted octanol–water partition coefficient (Wildman–Crippen LogP) is 2.58. The van der Waals surface area contributed by atoms with E-state index in [4.69, 9.17) is 20.3 Å². The summed E-state index contributed by atoms with van der Waals surface area (Å²) < 4.78 is 10.0. The van der Waals surface area contributed by atoms with Crippen LogP contribution in [0.2, 0.25) is 0 Å². The average Bonchev–Trinajstić information content (AvgIpc) is 3.00. The van der Waals surface area contributed by atoms with E-state index < -0.39 is 52.9 Å². The second-order valence-electron chi connectivity index (χ2n) is 10.6. The molecule has 2 aromatic rings. The number of nitro benzene ring substituents is 1. The molecule has 0 aliphatic carbocycles. The lowest BCUT2D eigenvalue weighted by Crippen LogP contribution is -2.54. The summed E-state index contributed by atoms with van der Waals surface area (Å²) >= 11 is 0. The summed E-state index contributed by atoms with van der Waals surface area (Å²) in [5.41, 5.74) is 5.83. The van der Waals surface area contributed by atoms with E-state index in [1.807, 2.05) is 0 Å². The molecule has 2 aromatic carbocycles. The highest BCUT2D eigenvalue weighted by molar-refractivity contribution is 5.98. The molecular formula is C30H38N6O11. The van der Waals surface area contributed by atoms with E-state index in [2.05, 4.69) is 21.3 Å². The molecule has 0 unspecified atom stereocenters. The number of nitrogens with zero attached hydrogens (tertiary/aromatic N) is 1. The lowest BCUT2D eigenvalue weighted by Gasteiger charge is -2.25. The Morgan fingerprint density at radius 1 is 0.915 bits per heavy atom. The van der Waals surface area contributed by atoms with E-state index in [1.54, 1.807) is 38.1 Å². The Kier molecular flexibility index (Phi) is 15.1. The molecule has 2 rings (SSSR count). The van der Waals surface area contributed by atoms with Crippen LogP contribution in [0.3, 0.4) is 0 Å². The fraction of sp³-hybridized carbons (Fsp3) is 0.400. The van der Waals surface area contributed by atoms with Crippen molar-refractivity contribution in [2.45, 2.75) is 64.6 Å². The number of nitro groups is 1. The SMILES string of the molecule is CC(C)[C@H](NC(=O)CCCC(=O)O)C(=O)N[C@@H](CCCNC(N)=O)C(=O)Nc1ccc(COC(=O)Oc2ccc([N+](=O)[O-])cc2)cc1. The molecule has 0 bridgehead atoms. The molecule has 0 saturated carbocycles. The van der Waals surface area contributed by atoms with Gasteiger partial charge >= 0.3 is 18.2 Å². The van der Waals surface area contributed by atoms with Crippen molar-refractivity contribution in [1.82, 2.24) is 16.0 Å². The molecule has 254 valence electrons. The van der Waals surface area contributed by atoms with E-state index in [-0.39, 0.29) is 62.6 Å². The maximum absolute atomic E-state index is 13.2. The van der Waals surface area contributed by atoms with Crippen LogP contribution in [0.1, 0.15) is 51.5 Å². The summed E-state index contributed by atoms with van der Waals surface area (Å²) in [7, 11) is 0. The van der Waals surface area contributed by atoms with Crippen molar-refractivity contribution in [3.05, 3.63) is 64.2 Å². The third-order valence-corrected chi connectivity index (χ3v) is 6.49. The Labute approximate surface area is 269 Å². The zero-order valence-electron chi connectivity index (χ0n) is 25.9. The first kappa shape index (κ1) is 37.4. The van der Waals surface area contributed by atoms with Crippen LogP contribution in [-0.2, 0) is 30.5 Å². The van der Waals surface area contributed by atoms with Crippen LogP contribution in [0.25, 0.3) is 0 Å². The van der Waals surface area contributed by atoms with Crippen molar-refractivity contribution in [3.63, 3.8) is 0 Å². The van der Waals surface area contributed by atoms with Gasteiger partial charge in [-0.3, -0.25) is 29.3 Å². The molecule has 2 atom stereocenters. The number of urea groups is 1. The molecule has 0 aliphatic heterocycles. The summed E-state index contributed by atoms with van der Waals surface area (Å²) in [6.07, 6.45) is -0.828. The number of carbonyl (C=O) groups excluding carboxylic acids is 5. The maximum Gasteiger partial charge on any atom is 0.514 e. The number of carbonyl (C=O) groups is 6. The van der Waals surface area contributed by atoms with Crippen LogP contribution >= 0.6 is 0 Å². The predicted molar refractivity (Wildman–Crippen MR) is 166 cm³/mol. The molecule has 0 aromatic heterocycles. The van der Waals surface area contributed by atoms with Crippen molar-refractivity contribution >= 4 is 47.3 Å². The monoisotopic (exact) mass is 658 g/mol. The van der Waals surface area contributed by atoms with E-state index in [1.165, 1.54) is 24.3 Å². The van der Waals surface area contributed by atoms with E-state index in [9.17, 15) is 38.9 Å². The van der Waals surface area contributed by atoms with Gasteiger partial charge in [-0.25, -0.2) is 9.59 Å². The first-order valence-electron chi connectivity index (χ1n) is 14.6. The Morgan fingerprint density at radius 3 is 2.15 bits per heavy atom. The van der Waals surface area contributed by atoms with Crippen molar-refractivity contribution in [1.29, 1.82) is 0 Å². The van der Waals surface area contributed by atoms with Crippen LogP contribution < -0.4 is 31.7 Å². The summed E-state index contributed by atoms with van der Waals surface area (Å²) in [6.45, 7) is 3.37. The minimum atomic E-state index is -1.07. The number of non-ortho nitro benzene ring substituents is 1. The number of amides is 5. The van der Waals surface area contributed by atoms with Crippen LogP contribution in [0.4, 0.5) is 21.0 Å². The number of nitrogens with two attached hydrogens (primary N) is 1. The molecule has 0 aliphatic rings. The van der Waals surface area contributed by atoms with E-state index in [0.717, 1.165) is 0 Å². The average molecular weight is 659 g/mol. The number of nitrogens with one attached hydrogen (secondary N) is 4. The largest absolute Gasteiger partial charge is 0.514 e. The zero-order chi connectivity index (χ0) is 34.9. The number of hydrogen-bond donors (Lipinski definition) is 6. The molecule has 17 nitrogen and oxygen atoms in total. The molecule has 5 amide bonds. The summed E-state index contributed by atoms with van der Waals surface area (Å²) in [6, 6.07) is 8.29. The number of anilines is 1. The van der Waals surface area contributed by atoms with Gasteiger partial charge in [0.05, 0.1) is 4.92 Å². The van der Waals surface area contributed by atoms with E-state index >= 15 is 0 Å². The minimum Gasteiger partial charge on any atom is -0.481 e. The first-order chi connectivity index (χ1) is 22.2. The lowest BCUT2D eigenvalue weighted by atomic mass is 10.0. The summed E-state index contributed by atoms with van der Waals surface area (Å²) in [4.78, 5) is 82.6. The highest BCUT2D eigenvalue weighted by atomic mass is 16.7. The third kappa shape index (κ3) is 14.3. The van der Waals surface area contributed by atoms with Gasteiger partial charge in [-0.15, -0.1) is 0 Å². The van der Waals surface area contributed by atoms with Gasteiger partial charge in [-0.2, -0.15) is 0 Å². The molecule has 0 radical (unpaired) electrons. The summed E-state index contributed by atoms with van der Waals surface area (Å²) in [5.74, 6) is -3.05. The first-order valence-corrected chi connectivity index (χ1v) is 14.6. The second kappa shape index (κ2) is 18.9. The van der Waals surface area contributed by atoms with Crippen LogP contribution in [0.5, 0.6) is 5.75 Å². The van der Waals surface area contributed by atoms with Gasteiger partial charge in [-0.05, 0) is 55.0 Å². The minimum absolute atomic E-state index is 0.0588. The van der Waals surface area contributed by atoms with Gasteiger partial charge in [0.15, 0.2) is 0 Å². The summed E-state index contributed by atoms with van der Waals surface area (Å²) in [5, 5.41) is 29.9. The highest BCUT2D eigenvalue weighted by Crippen LogP contribution is 2.18. The molecule has 0 fully saturated rings. The van der Waals surface area contributed by atoms with Crippen LogP contribution in [0, 0.1) is 16.0 Å². The fourth-order valence-electron chi connectivity index (χ4n) is 4.05. The van der Waals surface area contributed by atoms with Gasteiger partial charge < -0.3 is 41.6 Å². The number of hydrogen-bond acceptors (Lipinski definition) is 10. The zero-order valence-corrected chi connectivity index (χ0v) is 25.9. The lowest BCUT2D eigenvalue weighted by molar-refractivity contribution is -0.384. The van der Waals surface area contributed by atoms with Gasteiger partial charge in [0, 0.05) is 37.2 Å². The molecular weight excluding hydrogens is 620 g/mol. The normalized spacial score (nSPS) is 11.8. The maximum atomic E-state index is 13.2. The number of carboxylic acid groups (broad SMARTS) is 1. The van der Waals surface area contributed by atoms with Crippen LogP contribution in [0.15, 0.2) is 48.5 Å². The number of aliphatic carboxylic acids is 1. The fourth-order valence-corrected chi connectivity index (χ4v) is 4.05. The molecule has 47 heavy (non-hydrogen) atoms. The topological polar surface area (TPSA) is 258 Å². The molecule has 0 spiro atoms. The highest BCUT2D eigenvalue weighted by Gasteiger charge is 2.29. The van der Waals surface area contributed by atoms with Crippen molar-refractivity contribution in [2.75, 3.05) is 11.9 Å². The number of rotatable bonds is 18. The Balaban J connectivity index is 1.99. The number of benzene rings is 2. The van der Waals surface area contributed by atoms with E-state index in [0.29, 0.717) is 11.3 Å². The number of ether oxygens (including phenoxy) is 2. The quantitative estimate of drug-likeness (QED) is 0.0446. The second-order valence-corrected chi connectivity index (χ2v) is 10.6. The van der Waals surface area contributed by atoms with Crippen molar-refractivity contribution in [2.24, 2.45) is 11.7 Å². The standard InChI is InChI=1S/C30H38N6O11/c1-18(2)26(35-24(37)6-3-7-25(38)39)28(41)34-23(5-4-16-32-29(31)42)27(40)33-20-10-8-19(9-11-20)17-46-30(43)47-22-14-12-21(13-15-22)36(44)45/h8-15,18,23,26H,3-7,16-17H2,1-2H3,(H,33,40)(H,34,41)(H,35,37)(H,38,39)(H3,31,32,42)/t23-,26-/m0/s1. The van der Waals surface area contributed by atoms with Gasteiger partial charge in [-0.1, -0.05) is 26.0 Å². The van der Waals surface area contributed by atoms with Crippen molar-refractivity contribution < 1.29 is 48.3 Å². The molecule has 17 heteroatoms. The molecule has 0 saturated heterocycles. The molecule has 0 heterocycles. The van der Waals surface area contributed by atoms with Crippen LogP contribution in [-0.4, -0.2) is 64.5 Å².